The highest BCUT2D eigenvalue weighted by Gasteiger charge is 2.42. The first-order chi connectivity index (χ1) is 13.2. The minimum Gasteiger partial charge on any atom is -0.396 e. The van der Waals surface area contributed by atoms with Crippen LogP contribution in [0.25, 0.3) is 11.4 Å². The van der Waals surface area contributed by atoms with Gasteiger partial charge in [0, 0.05) is 43.6 Å². The second-order valence-corrected chi connectivity index (χ2v) is 8.00. The number of aliphatic hydroxyl groups is 1. The molecule has 7 heteroatoms. The van der Waals surface area contributed by atoms with E-state index in [2.05, 4.69) is 16.3 Å². The van der Waals surface area contributed by atoms with Gasteiger partial charge in [-0.25, -0.2) is 9.97 Å². The van der Waals surface area contributed by atoms with Crippen molar-refractivity contribution < 1.29 is 9.84 Å². The third-order valence-corrected chi connectivity index (χ3v) is 5.73. The summed E-state index contributed by atoms with van der Waals surface area (Å²) in [5.41, 5.74) is 3.05. The monoisotopic (exact) mass is 386 g/mol. The molecule has 1 aromatic heterocycles. The van der Waals surface area contributed by atoms with Crippen molar-refractivity contribution in [1.82, 2.24) is 9.97 Å². The standard InChI is InChI=1S/C20H26N4O2S/c25-11-1-8-21-16-4-2-15(3-5-16)19-22-17(20(27)6-7-20)14-18(23-19)24-9-12-26-13-10-24/h2-5,14,21,25,27H,1,6-13H2. The molecular formula is C20H26N4O2S. The predicted octanol–water partition coefficient (Wildman–Crippen LogP) is 2.69. The molecule has 4 rings (SSSR count). The number of hydrogen-bond donors (Lipinski definition) is 3. The van der Waals surface area contributed by atoms with Gasteiger partial charge >= 0.3 is 0 Å². The number of aliphatic hydroxyl groups excluding tert-OH is 1. The largest absolute Gasteiger partial charge is 0.396 e. The third kappa shape index (κ3) is 4.36. The van der Waals surface area contributed by atoms with Crippen LogP contribution in [0.5, 0.6) is 0 Å². The van der Waals surface area contributed by atoms with E-state index in [0.717, 1.165) is 80.7 Å². The van der Waals surface area contributed by atoms with Crippen LogP contribution in [0.2, 0.25) is 0 Å². The van der Waals surface area contributed by atoms with Crippen LogP contribution in [-0.4, -0.2) is 54.5 Å². The van der Waals surface area contributed by atoms with Gasteiger partial charge in [0.15, 0.2) is 5.82 Å². The smallest absolute Gasteiger partial charge is 0.161 e. The molecule has 0 radical (unpaired) electrons. The molecule has 0 bridgehead atoms. The van der Waals surface area contributed by atoms with Gasteiger partial charge in [-0.15, -0.1) is 0 Å². The SMILES string of the molecule is OCCCNc1ccc(-c2nc(N3CCOCC3)cc(C3(S)CC3)n2)cc1. The zero-order valence-corrected chi connectivity index (χ0v) is 16.3. The van der Waals surface area contributed by atoms with Crippen LogP contribution in [0, 0.1) is 0 Å². The fraction of sp³-hybridized carbons (Fsp3) is 0.500. The molecule has 2 heterocycles. The summed E-state index contributed by atoms with van der Waals surface area (Å²) in [7, 11) is 0. The summed E-state index contributed by atoms with van der Waals surface area (Å²) in [6.07, 6.45) is 2.85. The van der Waals surface area contributed by atoms with E-state index >= 15 is 0 Å². The summed E-state index contributed by atoms with van der Waals surface area (Å²) in [5.74, 6) is 1.71. The number of morpholine rings is 1. The van der Waals surface area contributed by atoms with E-state index < -0.39 is 0 Å². The van der Waals surface area contributed by atoms with E-state index in [0.29, 0.717) is 0 Å². The quantitative estimate of drug-likeness (QED) is 0.502. The first kappa shape index (κ1) is 18.5. The van der Waals surface area contributed by atoms with Gasteiger partial charge in [-0.3, -0.25) is 0 Å². The molecule has 1 saturated heterocycles. The normalized spacial score (nSPS) is 18.4. The number of hydrogen-bond acceptors (Lipinski definition) is 7. The van der Waals surface area contributed by atoms with E-state index in [-0.39, 0.29) is 11.4 Å². The van der Waals surface area contributed by atoms with Crippen molar-refractivity contribution in [3.63, 3.8) is 0 Å². The molecule has 144 valence electrons. The summed E-state index contributed by atoms with van der Waals surface area (Å²) >= 11 is 4.83. The van der Waals surface area contributed by atoms with Gasteiger partial charge in [0.25, 0.3) is 0 Å². The summed E-state index contributed by atoms with van der Waals surface area (Å²) in [6.45, 7) is 4.11. The molecule has 0 spiro atoms. The molecule has 1 aliphatic heterocycles. The van der Waals surface area contributed by atoms with Crippen molar-refractivity contribution >= 4 is 24.1 Å². The second kappa shape index (κ2) is 8.04. The number of nitrogens with one attached hydrogen (secondary N) is 1. The molecule has 1 saturated carbocycles. The van der Waals surface area contributed by atoms with Crippen LogP contribution in [0.3, 0.4) is 0 Å². The first-order valence-electron chi connectivity index (χ1n) is 9.58. The van der Waals surface area contributed by atoms with Gasteiger partial charge in [0.2, 0.25) is 0 Å². The molecule has 1 aromatic carbocycles. The van der Waals surface area contributed by atoms with Gasteiger partial charge in [-0.1, -0.05) is 0 Å². The second-order valence-electron chi connectivity index (χ2n) is 7.15. The number of ether oxygens (including phenoxy) is 1. The Kier molecular flexibility index (Phi) is 5.52. The molecular weight excluding hydrogens is 360 g/mol. The van der Waals surface area contributed by atoms with Crippen LogP contribution in [0.1, 0.15) is 25.0 Å². The van der Waals surface area contributed by atoms with Gasteiger partial charge in [-0.05, 0) is 43.5 Å². The predicted molar refractivity (Wildman–Crippen MR) is 111 cm³/mol. The minimum absolute atomic E-state index is 0.107. The van der Waals surface area contributed by atoms with Crippen LogP contribution in [0.15, 0.2) is 30.3 Å². The van der Waals surface area contributed by atoms with Crippen molar-refractivity contribution in [1.29, 1.82) is 0 Å². The van der Waals surface area contributed by atoms with Gasteiger partial charge in [-0.2, -0.15) is 12.6 Å². The molecule has 6 nitrogen and oxygen atoms in total. The van der Waals surface area contributed by atoms with E-state index in [1.807, 2.05) is 24.3 Å². The lowest BCUT2D eigenvalue weighted by molar-refractivity contribution is 0.122. The molecule has 2 aliphatic rings. The van der Waals surface area contributed by atoms with Crippen LogP contribution < -0.4 is 10.2 Å². The first-order valence-corrected chi connectivity index (χ1v) is 10.0. The van der Waals surface area contributed by atoms with Crippen LogP contribution in [-0.2, 0) is 9.48 Å². The zero-order chi connectivity index (χ0) is 18.7. The Morgan fingerprint density at radius 3 is 2.56 bits per heavy atom. The summed E-state index contributed by atoms with van der Waals surface area (Å²) in [5, 5.41) is 12.2. The molecule has 2 N–H and O–H groups in total. The average Bonchev–Trinajstić information content (AvgIpc) is 3.48. The number of rotatable bonds is 7. The Labute approximate surface area is 165 Å². The lowest BCUT2D eigenvalue weighted by Crippen LogP contribution is -2.37. The van der Waals surface area contributed by atoms with Crippen molar-refractivity contribution in [2.24, 2.45) is 0 Å². The van der Waals surface area contributed by atoms with E-state index in [9.17, 15) is 0 Å². The highest BCUT2D eigenvalue weighted by molar-refractivity contribution is 7.81. The molecule has 1 aliphatic carbocycles. The van der Waals surface area contributed by atoms with Gasteiger partial charge in [0.1, 0.15) is 5.82 Å². The maximum absolute atomic E-state index is 8.89. The maximum atomic E-state index is 8.89. The lowest BCUT2D eigenvalue weighted by atomic mass is 10.1. The highest BCUT2D eigenvalue weighted by atomic mass is 32.1. The van der Waals surface area contributed by atoms with Crippen molar-refractivity contribution in [3.8, 4) is 11.4 Å². The van der Waals surface area contributed by atoms with Crippen molar-refractivity contribution in [3.05, 3.63) is 36.0 Å². The summed E-state index contributed by atoms with van der Waals surface area (Å²) < 4.78 is 5.37. The molecule has 27 heavy (non-hydrogen) atoms. The van der Waals surface area contributed by atoms with E-state index in [4.69, 9.17) is 32.4 Å². The number of benzene rings is 1. The van der Waals surface area contributed by atoms with Gasteiger partial charge < -0.3 is 20.1 Å². The van der Waals surface area contributed by atoms with E-state index in [1.54, 1.807) is 0 Å². The zero-order valence-electron chi connectivity index (χ0n) is 15.4. The Morgan fingerprint density at radius 2 is 1.89 bits per heavy atom. The Morgan fingerprint density at radius 1 is 1.15 bits per heavy atom. The number of nitrogens with zero attached hydrogens (tertiary/aromatic N) is 3. The summed E-state index contributed by atoms with van der Waals surface area (Å²) in [6, 6.07) is 10.2. The number of anilines is 2. The molecule has 2 fully saturated rings. The molecule has 0 atom stereocenters. The average molecular weight is 387 g/mol. The van der Waals surface area contributed by atoms with Crippen LogP contribution >= 0.6 is 12.6 Å². The Balaban J connectivity index is 1.61. The van der Waals surface area contributed by atoms with E-state index in [1.165, 1.54) is 0 Å². The number of aromatic nitrogens is 2. The van der Waals surface area contributed by atoms with Crippen LogP contribution in [0.4, 0.5) is 11.5 Å². The van der Waals surface area contributed by atoms with Gasteiger partial charge in [0.05, 0.1) is 23.7 Å². The Bertz CT molecular complexity index is 774. The number of thiol groups is 1. The lowest BCUT2D eigenvalue weighted by Gasteiger charge is -2.28. The minimum atomic E-state index is -0.107. The Hall–Kier alpha value is -1.83. The maximum Gasteiger partial charge on any atom is 0.161 e. The fourth-order valence-electron chi connectivity index (χ4n) is 3.18. The summed E-state index contributed by atoms with van der Waals surface area (Å²) in [4.78, 5) is 12.0. The highest BCUT2D eigenvalue weighted by Crippen LogP contribution is 2.51. The molecule has 2 aromatic rings. The molecule has 0 amide bonds. The fourth-order valence-corrected chi connectivity index (χ4v) is 3.41. The van der Waals surface area contributed by atoms with Crippen molar-refractivity contribution in [2.45, 2.75) is 24.0 Å². The van der Waals surface area contributed by atoms with Crippen molar-refractivity contribution in [2.75, 3.05) is 49.7 Å². The topological polar surface area (TPSA) is 70.5 Å². The molecule has 0 unspecified atom stereocenters. The third-order valence-electron chi connectivity index (χ3n) is 5.06.